The summed E-state index contributed by atoms with van der Waals surface area (Å²) in [5.74, 6) is 0.00370. The van der Waals surface area contributed by atoms with Crippen LogP contribution >= 0.6 is 11.6 Å². The number of benzene rings is 1. The third kappa shape index (κ3) is 5.84. The molecule has 2 N–H and O–H groups in total. The zero-order chi connectivity index (χ0) is 16.8. The van der Waals surface area contributed by atoms with Gasteiger partial charge in [0.15, 0.2) is 0 Å². The fourth-order valence-corrected chi connectivity index (χ4v) is 2.66. The number of halogens is 3. The molecule has 23 heavy (non-hydrogen) atoms. The van der Waals surface area contributed by atoms with Gasteiger partial charge in [0.2, 0.25) is 0 Å². The summed E-state index contributed by atoms with van der Waals surface area (Å²) < 4.78 is 29.2. The number of hydrogen-bond acceptors (Lipinski definition) is 3. The van der Waals surface area contributed by atoms with E-state index in [0.717, 1.165) is 25.9 Å². The van der Waals surface area contributed by atoms with Gasteiger partial charge in [-0.15, -0.1) is 0 Å². The number of amides is 2. The van der Waals surface area contributed by atoms with E-state index < -0.39 is 6.61 Å². The maximum Gasteiger partial charge on any atom is 0.387 e. The van der Waals surface area contributed by atoms with Gasteiger partial charge in [0.25, 0.3) is 0 Å². The molecule has 1 aromatic rings. The van der Waals surface area contributed by atoms with Gasteiger partial charge in [0, 0.05) is 23.2 Å². The molecule has 0 bridgehead atoms. The molecule has 1 fully saturated rings. The van der Waals surface area contributed by atoms with Crippen molar-refractivity contribution in [3.8, 4) is 5.75 Å². The second-order valence-corrected chi connectivity index (χ2v) is 5.97. The Morgan fingerprint density at radius 2 is 2.13 bits per heavy atom. The highest BCUT2D eigenvalue weighted by atomic mass is 35.5. The number of rotatable bonds is 5. The molecular formula is C15H20ClF2N3O2. The summed E-state index contributed by atoms with van der Waals surface area (Å²) >= 11 is 5.86. The van der Waals surface area contributed by atoms with Crippen LogP contribution in [0.1, 0.15) is 18.4 Å². The zero-order valence-electron chi connectivity index (χ0n) is 12.8. The average Bonchev–Trinajstić information content (AvgIpc) is 2.49. The van der Waals surface area contributed by atoms with E-state index >= 15 is 0 Å². The molecule has 0 aliphatic carbocycles. The fraction of sp³-hybridized carbons (Fsp3) is 0.533. The van der Waals surface area contributed by atoms with Crippen LogP contribution in [0.4, 0.5) is 13.6 Å². The van der Waals surface area contributed by atoms with Gasteiger partial charge in [-0.1, -0.05) is 11.6 Å². The van der Waals surface area contributed by atoms with Crippen LogP contribution < -0.4 is 15.4 Å². The van der Waals surface area contributed by atoms with Gasteiger partial charge in [0.05, 0.1) is 0 Å². The molecule has 2 rings (SSSR count). The van der Waals surface area contributed by atoms with Gasteiger partial charge in [-0.05, 0) is 51.2 Å². The van der Waals surface area contributed by atoms with Gasteiger partial charge in [-0.3, -0.25) is 0 Å². The first-order valence-electron chi connectivity index (χ1n) is 7.40. The first-order chi connectivity index (χ1) is 10.9. The van der Waals surface area contributed by atoms with Gasteiger partial charge < -0.3 is 20.3 Å². The predicted molar refractivity (Wildman–Crippen MR) is 84.0 cm³/mol. The van der Waals surface area contributed by atoms with Crippen molar-refractivity contribution in [1.82, 2.24) is 15.5 Å². The third-order valence-corrected chi connectivity index (χ3v) is 3.97. The number of ether oxygens (including phenoxy) is 1. The molecule has 8 heteroatoms. The first-order valence-corrected chi connectivity index (χ1v) is 7.78. The Labute approximate surface area is 138 Å². The van der Waals surface area contributed by atoms with E-state index in [1.165, 1.54) is 18.2 Å². The highest BCUT2D eigenvalue weighted by molar-refractivity contribution is 6.30. The van der Waals surface area contributed by atoms with Crippen LogP contribution in [0.3, 0.4) is 0 Å². The number of carbonyl (C=O) groups excluding carboxylic acids is 1. The van der Waals surface area contributed by atoms with Crippen molar-refractivity contribution in [3.05, 3.63) is 28.8 Å². The lowest BCUT2D eigenvalue weighted by Gasteiger charge is -2.29. The topological polar surface area (TPSA) is 53.6 Å². The Morgan fingerprint density at radius 1 is 1.43 bits per heavy atom. The van der Waals surface area contributed by atoms with Crippen molar-refractivity contribution in [2.45, 2.75) is 32.0 Å². The summed E-state index contributed by atoms with van der Waals surface area (Å²) in [6.07, 6.45) is 1.78. The van der Waals surface area contributed by atoms with Crippen molar-refractivity contribution >= 4 is 17.6 Å². The Bertz CT molecular complexity index is 537. The molecule has 0 unspecified atom stereocenters. The van der Waals surface area contributed by atoms with Crippen molar-refractivity contribution < 1.29 is 18.3 Å². The number of piperidine rings is 1. The maximum atomic E-state index is 12.4. The van der Waals surface area contributed by atoms with Gasteiger partial charge in [-0.2, -0.15) is 8.78 Å². The van der Waals surface area contributed by atoms with Crippen LogP contribution in [0.15, 0.2) is 18.2 Å². The van der Waals surface area contributed by atoms with Crippen molar-refractivity contribution in [1.29, 1.82) is 0 Å². The van der Waals surface area contributed by atoms with Gasteiger partial charge in [-0.25, -0.2) is 4.79 Å². The number of alkyl halides is 2. The highest BCUT2D eigenvalue weighted by Gasteiger charge is 2.18. The molecule has 1 heterocycles. The van der Waals surface area contributed by atoms with Crippen LogP contribution in [-0.2, 0) is 6.54 Å². The molecule has 1 aliphatic rings. The summed E-state index contributed by atoms with van der Waals surface area (Å²) in [6, 6.07) is 4.11. The first kappa shape index (κ1) is 17.7. The number of likely N-dealkylation sites (tertiary alicyclic amines) is 1. The maximum absolute atomic E-state index is 12.4. The minimum Gasteiger partial charge on any atom is -0.434 e. The molecule has 0 aromatic heterocycles. The number of nitrogens with one attached hydrogen (secondary N) is 2. The number of carbonyl (C=O) groups is 1. The summed E-state index contributed by atoms with van der Waals surface area (Å²) in [4.78, 5) is 14.1. The Morgan fingerprint density at radius 3 is 2.78 bits per heavy atom. The predicted octanol–water partition coefficient (Wildman–Crippen LogP) is 2.83. The number of nitrogens with zero attached hydrogens (tertiary/aromatic N) is 1. The van der Waals surface area contributed by atoms with E-state index in [-0.39, 0.29) is 24.4 Å². The summed E-state index contributed by atoms with van der Waals surface area (Å²) in [5, 5.41) is 5.93. The monoisotopic (exact) mass is 347 g/mol. The van der Waals surface area contributed by atoms with Crippen LogP contribution in [-0.4, -0.2) is 43.7 Å². The average molecular weight is 348 g/mol. The van der Waals surface area contributed by atoms with E-state index in [2.05, 4.69) is 20.3 Å². The minimum absolute atomic E-state index is 0.00370. The van der Waals surface area contributed by atoms with E-state index in [9.17, 15) is 13.6 Å². The number of hydrogen-bond donors (Lipinski definition) is 2. The molecule has 2 amide bonds. The van der Waals surface area contributed by atoms with Crippen LogP contribution in [0.5, 0.6) is 5.75 Å². The lowest BCUT2D eigenvalue weighted by atomic mass is 10.1. The van der Waals surface area contributed by atoms with Crippen molar-refractivity contribution in [3.63, 3.8) is 0 Å². The van der Waals surface area contributed by atoms with Gasteiger partial charge >= 0.3 is 12.6 Å². The van der Waals surface area contributed by atoms with E-state index in [4.69, 9.17) is 11.6 Å². The SMILES string of the molecule is CN1CCC(NC(=O)NCc2cc(Cl)ccc2OC(F)F)CC1. The molecule has 0 radical (unpaired) electrons. The van der Waals surface area contributed by atoms with Crippen LogP contribution in [0, 0.1) is 0 Å². The molecule has 1 aromatic carbocycles. The number of urea groups is 1. The molecule has 0 atom stereocenters. The summed E-state index contributed by atoms with van der Waals surface area (Å²) in [6.45, 7) is -0.999. The smallest absolute Gasteiger partial charge is 0.387 e. The second-order valence-electron chi connectivity index (χ2n) is 5.54. The summed E-state index contributed by atoms with van der Waals surface area (Å²) in [7, 11) is 2.04. The summed E-state index contributed by atoms with van der Waals surface area (Å²) in [5.41, 5.74) is 0.399. The van der Waals surface area contributed by atoms with Crippen molar-refractivity contribution in [2.24, 2.45) is 0 Å². The minimum atomic E-state index is -2.93. The van der Waals surface area contributed by atoms with E-state index in [1.807, 2.05) is 7.05 Å². The largest absolute Gasteiger partial charge is 0.434 e. The molecule has 5 nitrogen and oxygen atoms in total. The Hall–Kier alpha value is -1.60. The fourth-order valence-electron chi connectivity index (χ4n) is 2.46. The molecular weight excluding hydrogens is 328 g/mol. The van der Waals surface area contributed by atoms with E-state index in [1.54, 1.807) is 0 Å². The molecule has 0 spiro atoms. The Balaban J connectivity index is 1.87. The molecule has 1 aliphatic heterocycles. The third-order valence-electron chi connectivity index (χ3n) is 3.73. The normalized spacial score (nSPS) is 16.4. The molecule has 128 valence electrons. The lowest BCUT2D eigenvalue weighted by molar-refractivity contribution is -0.0504. The standard InChI is InChI=1S/C15H20ClF2N3O2/c1-21-6-4-12(5-7-21)20-15(22)19-9-10-8-11(16)2-3-13(10)23-14(17)18/h2-3,8,12,14H,4-7,9H2,1H3,(H2,19,20,22). The van der Waals surface area contributed by atoms with Crippen molar-refractivity contribution in [2.75, 3.05) is 20.1 Å². The quantitative estimate of drug-likeness (QED) is 0.861. The highest BCUT2D eigenvalue weighted by Crippen LogP contribution is 2.24. The molecule has 1 saturated heterocycles. The second kappa shape index (κ2) is 8.31. The Kier molecular flexibility index (Phi) is 6.41. The molecule has 0 saturated carbocycles. The van der Waals surface area contributed by atoms with E-state index in [0.29, 0.717) is 10.6 Å². The van der Waals surface area contributed by atoms with Gasteiger partial charge in [0.1, 0.15) is 5.75 Å². The zero-order valence-corrected chi connectivity index (χ0v) is 13.6. The van der Waals surface area contributed by atoms with Crippen LogP contribution in [0.2, 0.25) is 5.02 Å². The van der Waals surface area contributed by atoms with Crippen LogP contribution in [0.25, 0.3) is 0 Å². The lowest BCUT2D eigenvalue weighted by Crippen LogP contribution is -2.46.